The number of hydrogen-bond donors (Lipinski definition) is 0. The minimum absolute atomic E-state index is 0.898. The van der Waals surface area contributed by atoms with Crippen LogP contribution in [-0.2, 0) is 0 Å². The number of furan rings is 1. The Bertz CT molecular complexity index is 3620. The van der Waals surface area contributed by atoms with Crippen LogP contribution in [0.1, 0.15) is 0 Å². The van der Waals surface area contributed by atoms with Crippen molar-refractivity contribution in [3.8, 4) is 50.2 Å². The summed E-state index contributed by atoms with van der Waals surface area (Å²) < 4.78 is 8.56. The van der Waals surface area contributed by atoms with Crippen LogP contribution in [0.3, 0.4) is 0 Å². The Morgan fingerprint density at radius 3 is 1.62 bits per heavy atom. The molecule has 0 amide bonds. The van der Waals surface area contributed by atoms with Gasteiger partial charge < -0.3 is 13.9 Å². The number of fused-ring (bicyclic) bond motifs is 6. The van der Waals surface area contributed by atoms with E-state index in [1.807, 2.05) is 12.1 Å². The molecule has 2 heterocycles. The van der Waals surface area contributed by atoms with Crippen LogP contribution in [0.2, 0.25) is 0 Å². The molecular weight excluding hydrogens is 765 g/mol. The van der Waals surface area contributed by atoms with Crippen molar-refractivity contribution in [3.63, 3.8) is 0 Å². The molecule has 0 unspecified atom stereocenters. The monoisotopic (exact) mass is 804 g/mol. The van der Waals surface area contributed by atoms with E-state index in [2.05, 4.69) is 240 Å². The molecule has 0 N–H and O–H groups in total. The molecule has 3 nitrogen and oxygen atoms in total. The predicted octanol–water partition coefficient (Wildman–Crippen LogP) is 16.8. The maximum Gasteiger partial charge on any atom is 0.135 e. The molecule has 0 fully saturated rings. The number of anilines is 3. The van der Waals surface area contributed by atoms with Crippen LogP contribution in [0, 0.1) is 0 Å². The molecule has 12 aromatic rings. The molecule has 0 spiro atoms. The third-order valence-corrected chi connectivity index (χ3v) is 12.4. The summed E-state index contributed by atoms with van der Waals surface area (Å²) in [5.74, 6) is 0. The van der Waals surface area contributed by atoms with Crippen LogP contribution < -0.4 is 4.90 Å². The van der Waals surface area contributed by atoms with E-state index in [-0.39, 0.29) is 0 Å². The van der Waals surface area contributed by atoms with Gasteiger partial charge in [-0.25, -0.2) is 0 Å². The molecule has 2 aromatic heterocycles. The van der Waals surface area contributed by atoms with Crippen molar-refractivity contribution < 1.29 is 4.42 Å². The Morgan fingerprint density at radius 2 is 0.841 bits per heavy atom. The zero-order chi connectivity index (χ0) is 41.7. The highest BCUT2D eigenvalue weighted by molar-refractivity contribution is 6.11. The SMILES string of the molecule is c1ccc(-c2ccccc2-c2ccccc2-c2ccccc2N(c2ccc(-c3ccc4oc5ccccc5c4c3)cc2)c2ccc3c(c2)c2ccccc2n3-c2ccccc2)cc1. The van der Waals surface area contributed by atoms with Gasteiger partial charge in [-0.1, -0.05) is 170 Å². The lowest BCUT2D eigenvalue weighted by atomic mass is 9.88. The standard InChI is InChI=1S/C60H40N2O/c1-3-17-42(18-4-1)47-21-7-8-22-48(47)49-23-9-10-24-50(49)51-25-11-14-28-56(51)61(45-34-31-41(32-35-45)43-33-38-60-55(39-43)53-27-13-16-30-59(53)63-60)46-36-37-58-54(40-46)52-26-12-15-29-57(52)62(58)44-19-5-2-6-20-44/h1-40H. The molecule has 0 aliphatic carbocycles. The second kappa shape index (κ2) is 15.3. The number of hydrogen-bond acceptors (Lipinski definition) is 2. The quantitative estimate of drug-likeness (QED) is 0.153. The summed E-state index contributed by atoms with van der Waals surface area (Å²) >= 11 is 0. The maximum atomic E-state index is 6.18. The van der Waals surface area contributed by atoms with Gasteiger partial charge >= 0.3 is 0 Å². The van der Waals surface area contributed by atoms with Gasteiger partial charge in [-0.2, -0.15) is 0 Å². The van der Waals surface area contributed by atoms with Gasteiger partial charge in [0.15, 0.2) is 0 Å². The summed E-state index contributed by atoms with van der Waals surface area (Å²) in [5, 5.41) is 4.67. The van der Waals surface area contributed by atoms with E-state index < -0.39 is 0 Å². The highest BCUT2D eigenvalue weighted by atomic mass is 16.3. The smallest absolute Gasteiger partial charge is 0.135 e. The second-order valence-electron chi connectivity index (χ2n) is 16.1. The Kier molecular flexibility index (Phi) is 8.83. The van der Waals surface area contributed by atoms with Crippen LogP contribution in [0.5, 0.6) is 0 Å². The zero-order valence-corrected chi connectivity index (χ0v) is 34.4. The first-order valence-electron chi connectivity index (χ1n) is 21.5. The molecule has 3 heteroatoms. The molecular formula is C60H40N2O. The van der Waals surface area contributed by atoms with E-state index in [0.717, 1.165) is 61.4 Å². The molecule has 10 aromatic carbocycles. The zero-order valence-electron chi connectivity index (χ0n) is 34.4. The van der Waals surface area contributed by atoms with Crippen LogP contribution in [0.25, 0.3) is 93.9 Å². The maximum absolute atomic E-state index is 6.18. The summed E-state index contributed by atoms with van der Waals surface area (Å²) in [4.78, 5) is 2.43. The van der Waals surface area contributed by atoms with Crippen molar-refractivity contribution in [3.05, 3.63) is 243 Å². The van der Waals surface area contributed by atoms with Gasteiger partial charge in [-0.15, -0.1) is 0 Å². The fourth-order valence-corrected chi connectivity index (χ4v) is 9.53. The predicted molar refractivity (Wildman–Crippen MR) is 264 cm³/mol. The number of aromatic nitrogens is 1. The van der Waals surface area contributed by atoms with Crippen LogP contribution in [0.4, 0.5) is 17.1 Å². The molecule has 0 saturated heterocycles. The summed E-state index contributed by atoms with van der Waals surface area (Å²) in [6, 6.07) is 87.3. The van der Waals surface area contributed by atoms with Crippen LogP contribution in [0.15, 0.2) is 247 Å². The Balaban J connectivity index is 1.05. The fraction of sp³-hybridized carbons (Fsp3) is 0. The van der Waals surface area contributed by atoms with Gasteiger partial charge in [-0.3, -0.25) is 0 Å². The van der Waals surface area contributed by atoms with E-state index in [4.69, 9.17) is 4.42 Å². The van der Waals surface area contributed by atoms with Crippen LogP contribution in [-0.4, -0.2) is 4.57 Å². The molecule has 12 rings (SSSR count). The third kappa shape index (κ3) is 6.29. The normalized spacial score (nSPS) is 11.5. The van der Waals surface area contributed by atoms with Crippen molar-refractivity contribution in [1.82, 2.24) is 4.57 Å². The van der Waals surface area contributed by atoms with Crippen LogP contribution >= 0.6 is 0 Å². The topological polar surface area (TPSA) is 21.3 Å². The lowest BCUT2D eigenvalue weighted by Gasteiger charge is -2.29. The first-order valence-corrected chi connectivity index (χ1v) is 21.5. The van der Waals surface area contributed by atoms with Gasteiger partial charge in [0.2, 0.25) is 0 Å². The molecule has 0 radical (unpaired) electrons. The van der Waals surface area contributed by atoms with Gasteiger partial charge in [0.05, 0.1) is 16.7 Å². The molecule has 63 heavy (non-hydrogen) atoms. The molecule has 0 saturated carbocycles. The van der Waals surface area contributed by atoms with E-state index in [0.29, 0.717) is 0 Å². The summed E-state index contributed by atoms with van der Waals surface area (Å²) in [6.45, 7) is 0. The second-order valence-corrected chi connectivity index (χ2v) is 16.1. The van der Waals surface area contributed by atoms with Crippen molar-refractivity contribution in [2.45, 2.75) is 0 Å². The Morgan fingerprint density at radius 1 is 0.302 bits per heavy atom. The molecule has 0 bridgehead atoms. The first kappa shape index (κ1) is 36.5. The van der Waals surface area contributed by atoms with E-state index in [1.54, 1.807) is 0 Å². The van der Waals surface area contributed by atoms with E-state index in [1.165, 1.54) is 49.6 Å². The van der Waals surface area contributed by atoms with Crippen molar-refractivity contribution in [1.29, 1.82) is 0 Å². The highest BCUT2D eigenvalue weighted by Crippen LogP contribution is 2.47. The van der Waals surface area contributed by atoms with Crippen molar-refractivity contribution >= 4 is 60.8 Å². The molecule has 0 aliphatic rings. The summed E-state index contributed by atoms with van der Waals surface area (Å²) in [5.41, 5.74) is 17.9. The lowest BCUT2D eigenvalue weighted by Crippen LogP contribution is -2.11. The summed E-state index contributed by atoms with van der Waals surface area (Å²) in [7, 11) is 0. The fourth-order valence-electron chi connectivity index (χ4n) is 9.53. The largest absolute Gasteiger partial charge is 0.456 e. The summed E-state index contributed by atoms with van der Waals surface area (Å²) in [6.07, 6.45) is 0. The minimum atomic E-state index is 0.898. The Labute approximate surface area is 366 Å². The van der Waals surface area contributed by atoms with Gasteiger partial charge in [0.1, 0.15) is 11.2 Å². The molecule has 0 atom stereocenters. The number of rotatable bonds is 8. The van der Waals surface area contributed by atoms with Crippen molar-refractivity contribution in [2.75, 3.05) is 4.90 Å². The number of para-hydroxylation sites is 4. The van der Waals surface area contributed by atoms with Gasteiger partial charge in [0, 0.05) is 44.2 Å². The minimum Gasteiger partial charge on any atom is -0.456 e. The average Bonchev–Trinajstić information content (AvgIpc) is 3.90. The highest BCUT2D eigenvalue weighted by Gasteiger charge is 2.22. The number of benzene rings is 10. The van der Waals surface area contributed by atoms with Gasteiger partial charge in [0.25, 0.3) is 0 Å². The third-order valence-electron chi connectivity index (χ3n) is 12.4. The Hall–Kier alpha value is -8.40. The van der Waals surface area contributed by atoms with E-state index >= 15 is 0 Å². The van der Waals surface area contributed by atoms with Crippen molar-refractivity contribution in [2.24, 2.45) is 0 Å². The first-order chi connectivity index (χ1) is 31.3. The van der Waals surface area contributed by atoms with Gasteiger partial charge in [-0.05, 0) is 112 Å². The number of nitrogens with zero attached hydrogens (tertiary/aromatic N) is 2. The lowest BCUT2D eigenvalue weighted by molar-refractivity contribution is 0.669. The average molecular weight is 805 g/mol. The molecule has 0 aliphatic heterocycles. The van der Waals surface area contributed by atoms with E-state index in [9.17, 15) is 0 Å². The molecule has 296 valence electrons.